The van der Waals surface area contributed by atoms with Crippen LogP contribution in [0.1, 0.15) is 17.9 Å². The van der Waals surface area contributed by atoms with Gasteiger partial charge in [-0.3, -0.25) is 0 Å². The summed E-state index contributed by atoms with van der Waals surface area (Å²) in [6.07, 6.45) is -3.89. The number of hydrogen-bond acceptors (Lipinski definition) is 3. The smallest absolute Gasteiger partial charge is 0.451 e. The maximum absolute atomic E-state index is 12.7. The van der Waals surface area contributed by atoms with Crippen LogP contribution in [0.4, 0.5) is 23.7 Å². The number of hydrogen-bond donors (Lipinski definition) is 3. The van der Waals surface area contributed by atoms with Crippen LogP contribution in [0.5, 0.6) is 0 Å². The normalized spacial score (nSPS) is 16.3. The molecule has 2 rings (SSSR count). The van der Waals surface area contributed by atoms with Gasteiger partial charge in [-0.25, -0.2) is 4.79 Å². The number of urea groups is 1. The molecule has 1 aliphatic heterocycles. The molecule has 0 spiro atoms. The van der Waals surface area contributed by atoms with Crippen molar-refractivity contribution in [2.75, 3.05) is 44.7 Å². The number of nitrogens with one attached hydrogen (secondary N) is 3. The van der Waals surface area contributed by atoms with E-state index in [-0.39, 0.29) is 11.4 Å². The second-order valence-corrected chi connectivity index (χ2v) is 5.44. The molecule has 1 saturated heterocycles. The Morgan fingerprint density at radius 2 is 2.04 bits per heavy atom. The summed E-state index contributed by atoms with van der Waals surface area (Å²) in [5.41, 5.74) is -0.369. The molecule has 130 valence electrons. The van der Waals surface area contributed by atoms with Gasteiger partial charge in [-0.05, 0) is 6.92 Å². The van der Waals surface area contributed by atoms with Gasteiger partial charge in [0.05, 0.1) is 25.4 Å². The van der Waals surface area contributed by atoms with Crippen molar-refractivity contribution in [3.63, 3.8) is 0 Å². The van der Waals surface area contributed by atoms with Crippen LogP contribution < -0.4 is 15.5 Å². The average Bonchev–Trinajstić information content (AvgIpc) is 2.85. The monoisotopic (exact) mass is 336 g/mol. The summed E-state index contributed by atoms with van der Waals surface area (Å²) in [5.74, 6) is -1.11. The van der Waals surface area contributed by atoms with Crippen LogP contribution >= 0.6 is 0 Å². The Bertz CT molecular complexity index is 525. The molecule has 9 heteroatoms. The summed E-state index contributed by atoms with van der Waals surface area (Å²) in [4.78, 5) is 13.1. The Kier molecular flexibility index (Phi) is 5.89. The van der Waals surface area contributed by atoms with E-state index in [9.17, 15) is 18.0 Å². The molecular formula is C14H21F3N3O3+. The van der Waals surface area contributed by atoms with Crippen LogP contribution in [0.2, 0.25) is 0 Å². The van der Waals surface area contributed by atoms with Crippen molar-refractivity contribution in [1.29, 1.82) is 0 Å². The molecule has 1 aliphatic rings. The number of carbonyl (C=O) groups is 1. The molecule has 1 aromatic heterocycles. The number of alkyl halides is 3. The van der Waals surface area contributed by atoms with Crippen molar-refractivity contribution < 1.29 is 32.0 Å². The fourth-order valence-corrected chi connectivity index (χ4v) is 2.43. The zero-order valence-corrected chi connectivity index (χ0v) is 12.9. The lowest BCUT2D eigenvalue weighted by Crippen LogP contribution is -3.14. The van der Waals surface area contributed by atoms with E-state index in [1.54, 1.807) is 0 Å². The maximum atomic E-state index is 12.7. The third-order valence-corrected chi connectivity index (χ3v) is 3.55. The van der Waals surface area contributed by atoms with Gasteiger partial charge < -0.3 is 24.7 Å². The summed E-state index contributed by atoms with van der Waals surface area (Å²) < 4.78 is 48.1. The number of anilines is 1. The zero-order valence-electron chi connectivity index (χ0n) is 12.9. The van der Waals surface area contributed by atoms with E-state index >= 15 is 0 Å². The van der Waals surface area contributed by atoms with E-state index in [2.05, 4.69) is 15.1 Å². The predicted molar refractivity (Wildman–Crippen MR) is 76.5 cm³/mol. The summed E-state index contributed by atoms with van der Waals surface area (Å²) >= 11 is 0. The van der Waals surface area contributed by atoms with Gasteiger partial charge in [0, 0.05) is 19.0 Å². The van der Waals surface area contributed by atoms with Crippen LogP contribution in [0.25, 0.3) is 0 Å². The highest BCUT2D eigenvalue weighted by atomic mass is 19.4. The first kappa shape index (κ1) is 17.6. The zero-order chi connectivity index (χ0) is 16.9. The number of morpholine rings is 1. The van der Waals surface area contributed by atoms with Gasteiger partial charge in [-0.1, -0.05) is 0 Å². The van der Waals surface area contributed by atoms with Crippen LogP contribution in [0, 0.1) is 6.92 Å². The van der Waals surface area contributed by atoms with E-state index in [1.165, 1.54) is 11.8 Å². The highest BCUT2D eigenvalue weighted by molar-refractivity contribution is 5.89. The number of quaternary nitrogens is 1. The Morgan fingerprint density at radius 1 is 1.35 bits per heavy atom. The number of halogens is 3. The van der Waals surface area contributed by atoms with Gasteiger partial charge in [0.15, 0.2) is 0 Å². The molecule has 1 fully saturated rings. The first-order chi connectivity index (χ1) is 10.9. The molecule has 0 aliphatic carbocycles. The minimum Gasteiger partial charge on any atom is -0.455 e. The van der Waals surface area contributed by atoms with Crippen molar-refractivity contribution in [1.82, 2.24) is 5.32 Å². The second-order valence-electron chi connectivity index (χ2n) is 5.44. The molecular weight excluding hydrogens is 315 g/mol. The molecule has 0 radical (unpaired) electrons. The number of ether oxygens (including phenoxy) is 1. The minimum absolute atomic E-state index is 0.0866. The van der Waals surface area contributed by atoms with Gasteiger partial charge in [0.2, 0.25) is 5.76 Å². The van der Waals surface area contributed by atoms with Crippen LogP contribution in [-0.2, 0) is 10.9 Å². The SMILES string of the molecule is Cc1cc(NC(=O)NCCC[NH+]2CCOCC2)c(C(F)(F)F)o1. The summed E-state index contributed by atoms with van der Waals surface area (Å²) in [5, 5.41) is 4.74. The van der Waals surface area contributed by atoms with Crippen LogP contribution in [0.15, 0.2) is 10.5 Å². The summed E-state index contributed by atoms with van der Waals surface area (Å²) in [6.45, 7) is 6.04. The molecule has 2 amide bonds. The molecule has 23 heavy (non-hydrogen) atoms. The van der Waals surface area contributed by atoms with E-state index in [0.717, 1.165) is 45.3 Å². The standard InChI is InChI=1S/C14H20F3N3O3/c1-10-9-11(12(23-10)14(15,16)17)19-13(21)18-3-2-4-20-5-7-22-8-6-20/h9H,2-8H2,1H3,(H2,18,19,21)/p+1. The molecule has 2 heterocycles. The van der Waals surface area contributed by atoms with Gasteiger partial charge in [-0.15, -0.1) is 0 Å². The fraction of sp³-hybridized carbons (Fsp3) is 0.643. The van der Waals surface area contributed by atoms with Crippen molar-refractivity contribution >= 4 is 11.7 Å². The third-order valence-electron chi connectivity index (χ3n) is 3.55. The van der Waals surface area contributed by atoms with Crippen molar-refractivity contribution in [3.8, 4) is 0 Å². The number of aryl methyl sites for hydroxylation is 1. The molecule has 3 N–H and O–H groups in total. The summed E-state index contributed by atoms with van der Waals surface area (Å²) in [6, 6.07) is 0.480. The maximum Gasteiger partial charge on any atom is 0.451 e. The average molecular weight is 336 g/mol. The minimum atomic E-state index is -4.64. The lowest BCUT2D eigenvalue weighted by Gasteiger charge is -2.23. The molecule has 0 atom stereocenters. The highest BCUT2D eigenvalue weighted by Gasteiger charge is 2.38. The van der Waals surface area contributed by atoms with E-state index in [4.69, 9.17) is 4.74 Å². The first-order valence-electron chi connectivity index (χ1n) is 7.50. The molecule has 0 bridgehead atoms. The summed E-state index contributed by atoms with van der Waals surface area (Å²) in [7, 11) is 0. The molecule has 6 nitrogen and oxygen atoms in total. The van der Waals surface area contributed by atoms with Crippen LogP contribution in [-0.4, -0.2) is 45.4 Å². The quantitative estimate of drug-likeness (QED) is 0.704. The largest absolute Gasteiger partial charge is 0.455 e. The number of amides is 2. The van der Waals surface area contributed by atoms with Crippen LogP contribution in [0.3, 0.4) is 0 Å². The topological polar surface area (TPSA) is 67.9 Å². The van der Waals surface area contributed by atoms with E-state index < -0.39 is 18.0 Å². The number of furan rings is 1. The van der Waals surface area contributed by atoms with Gasteiger partial charge in [-0.2, -0.15) is 13.2 Å². The molecule has 1 aromatic rings. The van der Waals surface area contributed by atoms with Gasteiger partial charge >= 0.3 is 12.2 Å². The van der Waals surface area contributed by atoms with Gasteiger partial charge in [0.25, 0.3) is 0 Å². The van der Waals surface area contributed by atoms with E-state index in [1.807, 2.05) is 0 Å². The Morgan fingerprint density at radius 3 is 2.70 bits per heavy atom. The first-order valence-corrected chi connectivity index (χ1v) is 7.50. The fourth-order valence-electron chi connectivity index (χ4n) is 2.43. The molecule has 0 saturated carbocycles. The van der Waals surface area contributed by atoms with Gasteiger partial charge in [0.1, 0.15) is 18.8 Å². The highest BCUT2D eigenvalue weighted by Crippen LogP contribution is 2.36. The van der Waals surface area contributed by atoms with E-state index in [0.29, 0.717) is 6.54 Å². The molecule has 0 unspecified atom stereocenters. The predicted octanol–water partition coefficient (Wildman–Crippen LogP) is 1.03. The Balaban J connectivity index is 1.74. The second kappa shape index (κ2) is 7.69. The lowest BCUT2D eigenvalue weighted by atomic mass is 10.3. The third kappa shape index (κ3) is 5.43. The molecule has 0 aromatic carbocycles. The van der Waals surface area contributed by atoms with Crippen molar-refractivity contribution in [2.45, 2.75) is 19.5 Å². The van der Waals surface area contributed by atoms with Crippen molar-refractivity contribution in [3.05, 3.63) is 17.6 Å². The lowest BCUT2D eigenvalue weighted by molar-refractivity contribution is -0.908. The number of carbonyl (C=O) groups excluding carboxylic acids is 1. The Hall–Kier alpha value is -1.74. The van der Waals surface area contributed by atoms with Crippen molar-refractivity contribution in [2.24, 2.45) is 0 Å². The Labute approximate surface area is 132 Å². The number of rotatable bonds is 5.